The number of benzene rings is 1. The van der Waals surface area contributed by atoms with E-state index < -0.39 is 0 Å². The SMILES string of the molecule is CCc1ccc(C(Cc2cc(Cl)ccc2F)NC)s1. The zero-order valence-corrected chi connectivity index (χ0v) is 12.6. The molecule has 2 rings (SSSR count). The minimum atomic E-state index is -0.197. The third-order valence-corrected chi connectivity index (χ3v) is 4.73. The van der Waals surface area contributed by atoms with Gasteiger partial charge in [0.1, 0.15) is 5.82 Å². The molecule has 2 aromatic rings. The highest BCUT2D eigenvalue weighted by molar-refractivity contribution is 7.12. The summed E-state index contributed by atoms with van der Waals surface area (Å²) < 4.78 is 13.8. The largest absolute Gasteiger partial charge is 0.312 e. The molecule has 0 saturated heterocycles. The van der Waals surface area contributed by atoms with Crippen molar-refractivity contribution < 1.29 is 4.39 Å². The summed E-state index contributed by atoms with van der Waals surface area (Å²) in [6, 6.07) is 9.09. The van der Waals surface area contributed by atoms with E-state index in [1.54, 1.807) is 23.5 Å². The molecular formula is C15H17ClFNS. The topological polar surface area (TPSA) is 12.0 Å². The van der Waals surface area contributed by atoms with Crippen LogP contribution < -0.4 is 5.32 Å². The summed E-state index contributed by atoms with van der Waals surface area (Å²) in [5.74, 6) is -0.197. The second kappa shape index (κ2) is 6.51. The summed E-state index contributed by atoms with van der Waals surface area (Å²) in [7, 11) is 1.90. The minimum absolute atomic E-state index is 0.123. The monoisotopic (exact) mass is 297 g/mol. The first-order chi connectivity index (χ1) is 9.13. The maximum atomic E-state index is 13.8. The zero-order chi connectivity index (χ0) is 13.8. The number of likely N-dealkylation sites (N-methyl/N-ethyl adjacent to an activating group) is 1. The Morgan fingerprint density at radius 2 is 2.11 bits per heavy atom. The molecule has 0 aliphatic carbocycles. The van der Waals surface area contributed by atoms with Crippen LogP contribution in [-0.4, -0.2) is 7.05 Å². The van der Waals surface area contributed by atoms with Gasteiger partial charge < -0.3 is 5.32 Å². The highest BCUT2D eigenvalue weighted by Crippen LogP contribution is 2.27. The van der Waals surface area contributed by atoms with Gasteiger partial charge in [0.05, 0.1) is 0 Å². The lowest BCUT2D eigenvalue weighted by Crippen LogP contribution is -2.18. The van der Waals surface area contributed by atoms with Crippen LogP contribution in [-0.2, 0) is 12.8 Å². The minimum Gasteiger partial charge on any atom is -0.312 e. The molecule has 1 unspecified atom stereocenters. The predicted octanol–water partition coefficient (Wildman–Crippen LogP) is 4.61. The fourth-order valence-corrected chi connectivity index (χ4v) is 3.29. The van der Waals surface area contributed by atoms with Crippen LogP contribution >= 0.6 is 22.9 Å². The molecule has 1 aromatic heterocycles. The Hall–Kier alpha value is -0.900. The van der Waals surface area contributed by atoms with Crippen LogP contribution in [0.3, 0.4) is 0 Å². The average Bonchev–Trinajstić information content (AvgIpc) is 2.88. The van der Waals surface area contributed by atoms with Gasteiger partial charge in [0.15, 0.2) is 0 Å². The van der Waals surface area contributed by atoms with E-state index in [-0.39, 0.29) is 11.9 Å². The highest BCUT2D eigenvalue weighted by atomic mass is 35.5. The van der Waals surface area contributed by atoms with Gasteiger partial charge in [-0.1, -0.05) is 18.5 Å². The number of halogens is 2. The van der Waals surface area contributed by atoms with E-state index in [4.69, 9.17) is 11.6 Å². The molecule has 1 N–H and O–H groups in total. The molecule has 0 aliphatic heterocycles. The van der Waals surface area contributed by atoms with Crippen molar-refractivity contribution in [3.8, 4) is 0 Å². The number of aryl methyl sites for hydroxylation is 1. The van der Waals surface area contributed by atoms with Gasteiger partial charge in [-0.2, -0.15) is 0 Å². The lowest BCUT2D eigenvalue weighted by Gasteiger charge is -2.15. The standard InChI is InChI=1S/C15H17ClFNS/c1-3-12-5-7-15(19-12)14(18-2)9-10-8-11(16)4-6-13(10)17/h4-8,14,18H,3,9H2,1-2H3. The Balaban J connectivity index is 2.21. The van der Waals surface area contributed by atoms with Gasteiger partial charge in [0.2, 0.25) is 0 Å². The Kier molecular flexibility index (Phi) is 4.97. The second-order valence-electron chi connectivity index (χ2n) is 4.44. The van der Waals surface area contributed by atoms with Crippen molar-refractivity contribution >= 4 is 22.9 Å². The van der Waals surface area contributed by atoms with E-state index in [0.29, 0.717) is 17.0 Å². The molecule has 19 heavy (non-hydrogen) atoms. The van der Waals surface area contributed by atoms with Crippen molar-refractivity contribution in [3.05, 3.63) is 56.5 Å². The molecule has 1 heterocycles. The van der Waals surface area contributed by atoms with Gasteiger partial charge in [-0.05, 0) is 55.8 Å². The number of hydrogen-bond acceptors (Lipinski definition) is 2. The van der Waals surface area contributed by atoms with Crippen LogP contribution in [0.15, 0.2) is 30.3 Å². The van der Waals surface area contributed by atoms with E-state index in [9.17, 15) is 4.39 Å². The Bertz CT molecular complexity index is 553. The quantitative estimate of drug-likeness (QED) is 0.850. The van der Waals surface area contributed by atoms with Crippen molar-refractivity contribution in [1.82, 2.24) is 5.32 Å². The van der Waals surface area contributed by atoms with Gasteiger partial charge in [-0.3, -0.25) is 0 Å². The molecule has 4 heteroatoms. The molecule has 1 aromatic carbocycles. The van der Waals surface area contributed by atoms with Crippen molar-refractivity contribution in [2.75, 3.05) is 7.05 Å². The van der Waals surface area contributed by atoms with Crippen LogP contribution in [0.5, 0.6) is 0 Å². The van der Waals surface area contributed by atoms with Crippen molar-refractivity contribution in [2.45, 2.75) is 25.8 Å². The van der Waals surface area contributed by atoms with E-state index in [1.807, 2.05) is 7.05 Å². The highest BCUT2D eigenvalue weighted by Gasteiger charge is 2.15. The molecule has 102 valence electrons. The Morgan fingerprint density at radius 3 is 2.74 bits per heavy atom. The number of rotatable bonds is 5. The van der Waals surface area contributed by atoms with Crippen LogP contribution in [0.2, 0.25) is 5.02 Å². The fraction of sp³-hybridized carbons (Fsp3) is 0.333. The molecule has 0 aliphatic rings. The van der Waals surface area contributed by atoms with E-state index in [2.05, 4.69) is 24.4 Å². The number of hydrogen-bond donors (Lipinski definition) is 1. The lowest BCUT2D eigenvalue weighted by molar-refractivity contribution is 0.560. The Labute approximate surface area is 122 Å². The van der Waals surface area contributed by atoms with Gasteiger partial charge in [0.25, 0.3) is 0 Å². The van der Waals surface area contributed by atoms with Gasteiger partial charge >= 0.3 is 0 Å². The summed E-state index contributed by atoms with van der Waals surface area (Å²) >= 11 is 7.71. The summed E-state index contributed by atoms with van der Waals surface area (Å²) in [6.07, 6.45) is 1.64. The maximum Gasteiger partial charge on any atom is 0.126 e. The first-order valence-corrected chi connectivity index (χ1v) is 7.53. The molecule has 1 atom stereocenters. The van der Waals surface area contributed by atoms with Gasteiger partial charge in [-0.25, -0.2) is 4.39 Å². The smallest absolute Gasteiger partial charge is 0.126 e. The van der Waals surface area contributed by atoms with Crippen molar-refractivity contribution in [2.24, 2.45) is 0 Å². The van der Waals surface area contributed by atoms with E-state index >= 15 is 0 Å². The second-order valence-corrected chi connectivity index (χ2v) is 6.08. The molecule has 0 bridgehead atoms. The molecule has 0 saturated carbocycles. The van der Waals surface area contributed by atoms with Crippen LogP contribution in [0.25, 0.3) is 0 Å². The number of nitrogens with one attached hydrogen (secondary N) is 1. The number of thiophene rings is 1. The fourth-order valence-electron chi connectivity index (χ4n) is 2.04. The third kappa shape index (κ3) is 3.56. The predicted molar refractivity (Wildman–Crippen MR) is 80.6 cm³/mol. The van der Waals surface area contributed by atoms with E-state index in [0.717, 1.165) is 6.42 Å². The van der Waals surface area contributed by atoms with Crippen LogP contribution in [0.4, 0.5) is 4.39 Å². The van der Waals surface area contributed by atoms with Crippen LogP contribution in [0.1, 0.15) is 28.3 Å². The molecule has 0 amide bonds. The first-order valence-electron chi connectivity index (χ1n) is 6.33. The maximum absolute atomic E-state index is 13.8. The van der Waals surface area contributed by atoms with Crippen molar-refractivity contribution in [1.29, 1.82) is 0 Å². The molecular weight excluding hydrogens is 281 g/mol. The zero-order valence-electron chi connectivity index (χ0n) is 11.0. The molecule has 0 fully saturated rings. The lowest BCUT2D eigenvalue weighted by atomic mass is 10.0. The van der Waals surface area contributed by atoms with Crippen molar-refractivity contribution in [3.63, 3.8) is 0 Å². The Morgan fingerprint density at radius 1 is 1.32 bits per heavy atom. The van der Waals surface area contributed by atoms with E-state index in [1.165, 1.54) is 15.8 Å². The third-order valence-electron chi connectivity index (χ3n) is 3.15. The molecule has 0 spiro atoms. The summed E-state index contributed by atoms with van der Waals surface area (Å²) in [5, 5.41) is 3.83. The first kappa shape index (κ1) is 14.5. The molecule has 0 radical (unpaired) electrons. The normalized spacial score (nSPS) is 12.6. The summed E-state index contributed by atoms with van der Waals surface area (Å²) in [5.41, 5.74) is 0.651. The summed E-state index contributed by atoms with van der Waals surface area (Å²) in [6.45, 7) is 2.14. The van der Waals surface area contributed by atoms with Gasteiger partial charge in [-0.15, -0.1) is 11.3 Å². The average molecular weight is 298 g/mol. The van der Waals surface area contributed by atoms with Crippen LogP contribution in [0, 0.1) is 5.82 Å². The van der Waals surface area contributed by atoms with Gasteiger partial charge in [0, 0.05) is 20.8 Å². The summed E-state index contributed by atoms with van der Waals surface area (Å²) in [4.78, 5) is 2.58. The molecule has 1 nitrogen and oxygen atoms in total.